The van der Waals surface area contributed by atoms with E-state index in [0.29, 0.717) is 5.82 Å². The standard InChI is InChI=1S/C38H27N3S/c1-38(2)31-20-19-29(22-35(31)42-34-18-10-17-30(24-39)36(34)38)33-23-32(40-37(41-33)26-13-7-4-8-14-26)28-16-9-15-27(21-28)25-11-5-3-6-12-25/h3-23H,1-2H3. The van der Waals surface area contributed by atoms with E-state index in [4.69, 9.17) is 9.97 Å². The Morgan fingerprint density at radius 2 is 1.19 bits per heavy atom. The molecule has 0 spiro atoms. The normalized spacial score (nSPS) is 13.1. The average molecular weight is 558 g/mol. The van der Waals surface area contributed by atoms with Crippen LogP contribution in [0.2, 0.25) is 0 Å². The van der Waals surface area contributed by atoms with Crippen molar-refractivity contribution in [2.75, 3.05) is 0 Å². The van der Waals surface area contributed by atoms with Crippen molar-refractivity contribution in [3.8, 4) is 51.1 Å². The van der Waals surface area contributed by atoms with Crippen LogP contribution in [0.4, 0.5) is 0 Å². The van der Waals surface area contributed by atoms with Crippen molar-refractivity contribution in [2.24, 2.45) is 0 Å². The van der Waals surface area contributed by atoms with Crippen molar-refractivity contribution < 1.29 is 0 Å². The number of rotatable bonds is 4. The molecule has 6 aromatic rings. The molecule has 2 heterocycles. The molecule has 0 bridgehead atoms. The molecule has 0 atom stereocenters. The van der Waals surface area contributed by atoms with Crippen LogP contribution < -0.4 is 0 Å². The Bertz CT molecular complexity index is 1990. The molecule has 3 nitrogen and oxygen atoms in total. The average Bonchev–Trinajstić information content (AvgIpc) is 3.05. The first-order valence-corrected chi connectivity index (χ1v) is 14.8. The second kappa shape index (κ2) is 10.4. The number of benzene rings is 5. The number of nitrogens with zero attached hydrogens (tertiary/aromatic N) is 3. The van der Waals surface area contributed by atoms with Crippen LogP contribution in [0, 0.1) is 11.3 Å². The minimum absolute atomic E-state index is 0.287. The third kappa shape index (κ3) is 4.59. The van der Waals surface area contributed by atoms with E-state index in [1.165, 1.54) is 16.0 Å². The van der Waals surface area contributed by atoms with Gasteiger partial charge in [0.2, 0.25) is 0 Å². The molecule has 5 aromatic carbocycles. The van der Waals surface area contributed by atoms with E-state index in [2.05, 4.69) is 111 Å². The summed E-state index contributed by atoms with van der Waals surface area (Å²) in [4.78, 5) is 12.4. The summed E-state index contributed by atoms with van der Waals surface area (Å²) >= 11 is 1.73. The molecule has 0 saturated heterocycles. The Morgan fingerprint density at radius 1 is 0.571 bits per heavy atom. The fourth-order valence-electron chi connectivity index (χ4n) is 5.84. The Balaban J connectivity index is 1.37. The molecule has 0 aliphatic carbocycles. The third-order valence-corrected chi connectivity index (χ3v) is 9.08. The van der Waals surface area contributed by atoms with Crippen molar-refractivity contribution in [3.63, 3.8) is 0 Å². The first-order valence-electron chi connectivity index (χ1n) is 14.0. The van der Waals surface area contributed by atoms with Crippen LogP contribution in [0.25, 0.3) is 45.0 Å². The van der Waals surface area contributed by atoms with Crippen LogP contribution in [0.1, 0.15) is 30.5 Å². The van der Waals surface area contributed by atoms with Crippen LogP contribution in [0.3, 0.4) is 0 Å². The van der Waals surface area contributed by atoms with Crippen molar-refractivity contribution in [1.29, 1.82) is 5.26 Å². The lowest BCUT2D eigenvalue weighted by Gasteiger charge is -2.35. The molecular formula is C38H27N3S. The topological polar surface area (TPSA) is 49.6 Å². The molecule has 200 valence electrons. The quantitative estimate of drug-likeness (QED) is 0.216. The molecule has 0 radical (unpaired) electrons. The van der Waals surface area contributed by atoms with Crippen LogP contribution in [-0.4, -0.2) is 9.97 Å². The SMILES string of the molecule is CC1(C)c2ccc(-c3cc(-c4cccc(-c5ccccc5)c4)nc(-c4ccccc4)n3)cc2Sc2cccc(C#N)c21. The van der Waals surface area contributed by atoms with Crippen LogP contribution in [0.15, 0.2) is 137 Å². The maximum atomic E-state index is 9.81. The molecule has 1 aromatic heterocycles. The summed E-state index contributed by atoms with van der Waals surface area (Å²) in [5, 5.41) is 9.81. The number of hydrogen-bond donors (Lipinski definition) is 0. The minimum atomic E-state index is -0.287. The van der Waals surface area contributed by atoms with Gasteiger partial charge < -0.3 is 0 Å². The molecule has 1 aliphatic rings. The van der Waals surface area contributed by atoms with Gasteiger partial charge in [0.15, 0.2) is 5.82 Å². The first-order chi connectivity index (χ1) is 20.5. The van der Waals surface area contributed by atoms with Crippen LogP contribution >= 0.6 is 11.8 Å². The smallest absolute Gasteiger partial charge is 0.160 e. The summed E-state index contributed by atoms with van der Waals surface area (Å²) in [6.07, 6.45) is 0. The summed E-state index contributed by atoms with van der Waals surface area (Å²) in [5.41, 5.74) is 9.92. The molecule has 0 unspecified atom stereocenters. The third-order valence-electron chi connectivity index (χ3n) is 7.97. The van der Waals surface area contributed by atoms with E-state index in [1.54, 1.807) is 11.8 Å². The summed E-state index contributed by atoms with van der Waals surface area (Å²) in [5.74, 6) is 0.697. The van der Waals surface area contributed by atoms with Gasteiger partial charge in [0.05, 0.1) is 23.0 Å². The molecule has 42 heavy (non-hydrogen) atoms. The highest BCUT2D eigenvalue weighted by molar-refractivity contribution is 7.99. The summed E-state index contributed by atoms with van der Waals surface area (Å²) < 4.78 is 0. The number of aromatic nitrogens is 2. The van der Waals surface area contributed by atoms with Crippen molar-refractivity contribution >= 4 is 11.8 Å². The van der Waals surface area contributed by atoms with Gasteiger partial charge in [-0.2, -0.15) is 5.26 Å². The Kier molecular flexibility index (Phi) is 6.46. The predicted molar refractivity (Wildman–Crippen MR) is 171 cm³/mol. The lowest BCUT2D eigenvalue weighted by Crippen LogP contribution is -2.25. The fourth-order valence-corrected chi connectivity index (χ4v) is 7.31. The number of nitriles is 1. The Hall–Kier alpha value is -4.98. The molecule has 0 amide bonds. The van der Waals surface area contributed by atoms with Gasteiger partial charge in [-0.1, -0.05) is 123 Å². The zero-order valence-corrected chi connectivity index (χ0v) is 24.2. The van der Waals surface area contributed by atoms with E-state index in [1.807, 2.05) is 36.4 Å². The summed E-state index contributed by atoms with van der Waals surface area (Å²) in [6, 6.07) is 46.2. The van der Waals surface area contributed by atoms with Crippen molar-refractivity contribution in [2.45, 2.75) is 29.1 Å². The summed E-state index contributed by atoms with van der Waals surface area (Å²) in [6.45, 7) is 4.42. The Morgan fingerprint density at radius 3 is 1.90 bits per heavy atom. The minimum Gasteiger partial charge on any atom is -0.228 e. The number of hydrogen-bond acceptors (Lipinski definition) is 4. The van der Waals surface area contributed by atoms with Crippen LogP contribution in [-0.2, 0) is 5.41 Å². The van der Waals surface area contributed by atoms with E-state index in [0.717, 1.165) is 49.7 Å². The summed E-state index contributed by atoms with van der Waals surface area (Å²) in [7, 11) is 0. The van der Waals surface area contributed by atoms with Gasteiger partial charge in [0, 0.05) is 31.9 Å². The second-order valence-electron chi connectivity index (χ2n) is 11.0. The monoisotopic (exact) mass is 557 g/mol. The lowest BCUT2D eigenvalue weighted by molar-refractivity contribution is 0.605. The largest absolute Gasteiger partial charge is 0.228 e. The maximum Gasteiger partial charge on any atom is 0.160 e. The predicted octanol–water partition coefficient (Wildman–Crippen LogP) is 9.81. The zero-order chi connectivity index (χ0) is 28.7. The molecule has 0 saturated carbocycles. The van der Waals surface area contributed by atoms with Crippen molar-refractivity contribution in [3.05, 3.63) is 144 Å². The first kappa shape index (κ1) is 26.0. The highest BCUT2D eigenvalue weighted by Gasteiger charge is 2.35. The van der Waals surface area contributed by atoms with Crippen molar-refractivity contribution in [1.82, 2.24) is 9.97 Å². The van der Waals surface area contributed by atoms with Crippen LogP contribution in [0.5, 0.6) is 0 Å². The molecule has 0 fully saturated rings. The van der Waals surface area contributed by atoms with E-state index < -0.39 is 0 Å². The maximum absolute atomic E-state index is 9.81. The number of fused-ring (bicyclic) bond motifs is 2. The second-order valence-corrected chi connectivity index (χ2v) is 12.1. The molecular weight excluding hydrogens is 531 g/mol. The van der Waals surface area contributed by atoms with Gasteiger partial charge in [-0.25, -0.2) is 9.97 Å². The molecule has 0 N–H and O–H groups in total. The highest BCUT2D eigenvalue weighted by atomic mass is 32.2. The van der Waals surface area contributed by atoms with Gasteiger partial charge in [-0.3, -0.25) is 0 Å². The van der Waals surface area contributed by atoms with E-state index in [-0.39, 0.29) is 5.41 Å². The highest BCUT2D eigenvalue weighted by Crippen LogP contribution is 2.51. The van der Waals surface area contributed by atoms with E-state index in [9.17, 15) is 5.26 Å². The van der Waals surface area contributed by atoms with Gasteiger partial charge >= 0.3 is 0 Å². The molecule has 7 rings (SSSR count). The van der Waals surface area contributed by atoms with Gasteiger partial charge in [-0.05, 0) is 52.6 Å². The van der Waals surface area contributed by atoms with Gasteiger partial charge in [0.25, 0.3) is 0 Å². The lowest BCUT2D eigenvalue weighted by atomic mass is 9.75. The fraction of sp³-hybridized carbons (Fsp3) is 0.0789. The molecule has 4 heteroatoms. The van der Waals surface area contributed by atoms with E-state index >= 15 is 0 Å². The zero-order valence-electron chi connectivity index (χ0n) is 23.4. The van der Waals surface area contributed by atoms with Gasteiger partial charge in [0.1, 0.15) is 0 Å². The van der Waals surface area contributed by atoms with Gasteiger partial charge in [-0.15, -0.1) is 0 Å². The molecule has 1 aliphatic heterocycles. The Labute approximate surface area is 250 Å².